The number of hydrogen-bond donors (Lipinski definition) is 3. The molecule has 0 amide bonds. The Morgan fingerprint density at radius 2 is 2.09 bits per heavy atom. The fourth-order valence-corrected chi connectivity index (χ4v) is 1.21. The molecule has 0 unspecified atom stereocenters. The van der Waals surface area contributed by atoms with Crippen LogP contribution in [0.15, 0.2) is 30.7 Å². The molecular formula is C8H11N3. The summed E-state index contributed by atoms with van der Waals surface area (Å²) in [6.07, 6.45) is 7.13. The third kappa shape index (κ3) is 1.37. The fourth-order valence-electron chi connectivity index (χ4n) is 1.21. The normalized spacial score (nSPS) is 16.4. The van der Waals surface area contributed by atoms with E-state index in [9.17, 15) is 0 Å². The fraction of sp³-hybridized carbons (Fsp3) is 0.250. The molecule has 0 atom stereocenters. The first-order valence-corrected chi connectivity index (χ1v) is 3.74. The first-order chi connectivity index (χ1) is 5.45. The van der Waals surface area contributed by atoms with E-state index in [0.29, 0.717) is 6.17 Å². The minimum absolute atomic E-state index is 0.355. The van der Waals surface area contributed by atoms with Gasteiger partial charge in [0.2, 0.25) is 0 Å². The molecule has 11 heavy (non-hydrogen) atoms. The van der Waals surface area contributed by atoms with Gasteiger partial charge >= 0.3 is 0 Å². The molecular weight excluding hydrogens is 138 g/mol. The molecule has 0 saturated heterocycles. The van der Waals surface area contributed by atoms with Gasteiger partial charge in [0, 0.05) is 30.7 Å². The Hall–Kier alpha value is -1.38. The molecule has 0 saturated carbocycles. The zero-order valence-corrected chi connectivity index (χ0v) is 6.17. The Labute approximate surface area is 65.5 Å². The van der Waals surface area contributed by atoms with E-state index < -0.39 is 0 Å². The molecule has 1 aromatic rings. The monoisotopic (exact) mass is 149 g/mol. The van der Waals surface area contributed by atoms with Crippen molar-refractivity contribution in [3.63, 3.8) is 0 Å². The summed E-state index contributed by atoms with van der Waals surface area (Å²) in [5.41, 5.74) is 1.25. The number of nitrogens with one attached hydrogen (secondary N) is 3. The van der Waals surface area contributed by atoms with Gasteiger partial charge in [0.05, 0.1) is 0 Å². The van der Waals surface area contributed by atoms with Crippen molar-refractivity contribution in [1.29, 1.82) is 0 Å². The third-order valence-electron chi connectivity index (χ3n) is 1.76. The third-order valence-corrected chi connectivity index (χ3v) is 1.76. The molecule has 0 aliphatic carbocycles. The first-order valence-electron chi connectivity index (χ1n) is 3.74. The Kier molecular flexibility index (Phi) is 1.55. The summed E-state index contributed by atoms with van der Waals surface area (Å²) in [6, 6.07) is 4.10. The number of hydrogen-bond acceptors (Lipinski definition) is 2. The van der Waals surface area contributed by atoms with Crippen molar-refractivity contribution in [2.75, 3.05) is 0 Å². The van der Waals surface area contributed by atoms with E-state index in [1.807, 2.05) is 24.7 Å². The molecule has 3 nitrogen and oxygen atoms in total. The summed E-state index contributed by atoms with van der Waals surface area (Å²) in [4.78, 5) is 3.16. The van der Waals surface area contributed by atoms with E-state index in [1.54, 1.807) is 0 Å². The predicted octanol–water partition coefficient (Wildman–Crippen LogP) is 0.547. The lowest BCUT2D eigenvalue weighted by Crippen LogP contribution is -2.32. The van der Waals surface area contributed by atoms with Crippen LogP contribution >= 0.6 is 0 Å². The molecule has 1 aliphatic heterocycles. The van der Waals surface area contributed by atoms with Crippen LogP contribution in [0.25, 0.3) is 0 Å². The maximum Gasteiger partial charge on any atom is 0.101 e. The van der Waals surface area contributed by atoms with Crippen LogP contribution in [0.4, 0.5) is 0 Å². The van der Waals surface area contributed by atoms with Gasteiger partial charge in [-0.1, -0.05) is 0 Å². The average molecular weight is 149 g/mol. The molecule has 2 rings (SSSR count). The lowest BCUT2D eigenvalue weighted by molar-refractivity contribution is 0.562. The van der Waals surface area contributed by atoms with Crippen LogP contribution in [0.3, 0.4) is 0 Å². The van der Waals surface area contributed by atoms with Crippen LogP contribution in [-0.2, 0) is 6.42 Å². The Balaban J connectivity index is 1.91. The summed E-state index contributed by atoms with van der Waals surface area (Å²) >= 11 is 0. The van der Waals surface area contributed by atoms with Crippen molar-refractivity contribution >= 4 is 0 Å². The van der Waals surface area contributed by atoms with Crippen LogP contribution in [-0.4, -0.2) is 11.1 Å². The second kappa shape index (κ2) is 2.70. The summed E-state index contributed by atoms with van der Waals surface area (Å²) in [7, 11) is 0. The van der Waals surface area contributed by atoms with Crippen molar-refractivity contribution in [2.24, 2.45) is 0 Å². The topological polar surface area (TPSA) is 39.9 Å². The molecule has 2 heterocycles. The van der Waals surface area contributed by atoms with Crippen molar-refractivity contribution in [1.82, 2.24) is 15.6 Å². The molecule has 0 spiro atoms. The van der Waals surface area contributed by atoms with E-state index in [1.165, 1.54) is 5.69 Å². The van der Waals surface area contributed by atoms with E-state index in [0.717, 1.165) is 6.42 Å². The summed E-state index contributed by atoms with van der Waals surface area (Å²) in [5, 5.41) is 6.37. The summed E-state index contributed by atoms with van der Waals surface area (Å²) in [5.74, 6) is 0. The quantitative estimate of drug-likeness (QED) is 0.574. The standard InChI is InChI=1S/C8H11N3/c1-2-7(9-3-1)6-8-10-4-5-11-8/h1-5,8-11H,6H2. The molecule has 0 aromatic carbocycles. The molecule has 0 bridgehead atoms. The largest absolute Gasteiger partial charge is 0.370 e. The average Bonchev–Trinajstić information content (AvgIpc) is 2.60. The molecule has 1 aromatic heterocycles. The van der Waals surface area contributed by atoms with E-state index in [2.05, 4.69) is 21.7 Å². The molecule has 0 radical (unpaired) electrons. The SMILES string of the molecule is C1=CNC(Cc2ccc[nH]2)N1. The smallest absolute Gasteiger partial charge is 0.101 e. The highest BCUT2D eigenvalue weighted by atomic mass is 15.1. The van der Waals surface area contributed by atoms with Crippen molar-refractivity contribution in [3.05, 3.63) is 36.4 Å². The van der Waals surface area contributed by atoms with Gasteiger partial charge in [-0.2, -0.15) is 0 Å². The van der Waals surface area contributed by atoms with Crippen LogP contribution in [0.1, 0.15) is 5.69 Å². The van der Waals surface area contributed by atoms with Crippen LogP contribution < -0.4 is 10.6 Å². The van der Waals surface area contributed by atoms with Crippen LogP contribution in [0.5, 0.6) is 0 Å². The minimum atomic E-state index is 0.355. The van der Waals surface area contributed by atoms with Crippen molar-refractivity contribution in [2.45, 2.75) is 12.6 Å². The second-order valence-corrected chi connectivity index (χ2v) is 2.62. The minimum Gasteiger partial charge on any atom is -0.370 e. The van der Waals surface area contributed by atoms with Crippen LogP contribution in [0.2, 0.25) is 0 Å². The maximum atomic E-state index is 3.18. The van der Waals surface area contributed by atoms with Gasteiger partial charge in [-0.3, -0.25) is 0 Å². The second-order valence-electron chi connectivity index (χ2n) is 2.62. The lowest BCUT2D eigenvalue weighted by Gasteiger charge is -2.09. The molecule has 58 valence electrons. The molecule has 1 aliphatic rings. The van der Waals surface area contributed by atoms with Crippen molar-refractivity contribution in [3.8, 4) is 0 Å². The van der Waals surface area contributed by atoms with Gasteiger partial charge in [0.25, 0.3) is 0 Å². The van der Waals surface area contributed by atoms with Gasteiger partial charge in [-0.25, -0.2) is 0 Å². The van der Waals surface area contributed by atoms with E-state index in [4.69, 9.17) is 0 Å². The number of aromatic nitrogens is 1. The zero-order valence-electron chi connectivity index (χ0n) is 6.17. The summed E-state index contributed by atoms with van der Waals surface area (Å²) in [6.45, 7) is 0. The lowest BCUT2D eigenvalue weighted by atomic mass is 10.2. The van der Waals surface area contributed by atoms with Gasteiger partial charge in [0.15, 0.2) is 0 Å². The number of H-pyrrole nitrogens is 1. The zero-order chi connectivity index (χ0) is 7.52. The van der Waals surface area contributed by atoms with Gasteiger partial charge in [-0.15, -0.1) is 0 Å². The van der Waals surface area contributed by atoms with Gasteiger partial charge in [-0.05, 0) is 12.1 Å². The van der Waals surface area contributed by atoms with E-state index >= 15 is 0 Å². The molecule has 3 heteroatoms. The Bertz CT molecular complexity index is 230. The van der Waals surface area contributed by atoms with E-state index in [-0.39, 0.29) is 0 Å². The van der Waals surface area contributed by atoms with Crippen LogP contribution in [0, 0.1) is 0 Å². The highest BCUT2D eigenvalue weighted by Crippen LogP contribution is 2.00. The Morgan fingerprint density at radius 1 is 1.27 bits per heavy atom. The maximum absolute atomic E-state index is 3.18. The highest BCUT2D eigenvalue weighted by molar-refractivity contribution is 5.07. The Morgan fingerprint density at radius 3 is 2.73 bits per heavy atom. The number of rotatable bonds is 2. The summed E-state index contributed by atoms with van der Waals surface area (Å²) < 4.78 is 0. The van der Waals surface area contributed by atoms with Crippen molar-refractivity contribution < 1.29 is 0 Å². The molecule has 0 fully saturated rings. The number of aromatic amines is 1. The molecule has 3 N–H and O–H groups in total. The van der Waals surface area contributed by atoms with Gasteiger partial charge in [0.1, 0.15) is 6.17 Å². The van der Waals surface area contributed by atoms with Gasteiger partial charge < -0.3 is 15.6 Å². The highest BCUT2D eigenvalue weighted by Gasteiger charge is 2.08. The first kappa shape index (κ1) is 6.34. The predicted molar refractivity (Wildman–Crippen MR) is 43.7 cm³/mol.